The molecule has 0 unspecified atom stereocenters. The fourth-order valence-corrected chi connectivity index (χ4v) is 0.793. The summed E-state index contributed by atoms with van der Waals surface area (Å²) in [4.78, 5) is 10.7. The van der Waals surface area contributed by atoms with E-state index >= 15 is 0 Å². The summed E-state index contributed by atoms with van der Waals surface area (Å²) in [7, 11) is 0. The van der Waals surface area contributed by atoms with Crippen LogP contribution in [0.4, 0.5) is 0 Å². The number of ketones is 1. The molecule has 1 aromatic heterocycles. The summed E-state index contributed by atoms with van der Waals surface area (Å²) in [6.07, 6.45) is 4.69. The van der Waals surface area contributed by atoms with E-state index in [2.05, 4.69) is 15.9 Å². The molecule has 0 fully saturated rings. The summed E-state index contributed by atoms with van der Waals surface area (Å²) in [6.45, 7) is 0. The second kappa shape index (κ2) is 4.13. The van der Waals surface area contributed by atoms with Gasteiger partial charge in [0.05, 0.1) is 11.6 Å². The van der Waals surface area contributed by atoms with Crippen LogP contribution in [-0.4, -0.2) is 11.1 Å². The van der Waals surface area contributed by atoms with Gasteiger partial charge in [0, 0.05) is 0 Å². The Morgan fingerprint density at radius 2 is 2.55 bits per heavy atom. The maximum absolute atomic E-state index is 10.7. The highest BCUT2D eigenvalue weighted by Gasteiger charge is 1.91. The third kappa shape index (κ3) is 2.72. The van der Waals surface area contributed by atoms with Gasteiger partial charge in [-0.1, -0.05) is 15.9 Å². The van der Waals surface area contributed by atoms with Crippen molar-refractivity contribution in [1.29, 1.82) is 0 Å². The lowest BCUT2D eigenvalue weighted by Crippen LogP contribution is -1.90. The Balaban J connectivity index is 2.55. The van der Waals surface area contributed by atoms with Crippen molar-refractivity contribution >= 4 is 27.8 Å². The summed E-state index contributed by atoms with van der Waals surface area (Å²) in [6, 6.07) is 3.57. The van der Waals surface area contributed by atoms with Crippen LogP contribution in [0.25, 0.3) is 6.08 Å². The molecule has 1 rings (SSSR count). The lowest BCUT2D eigenvalue weighted by molar-refractivity contribution is -0.112. The van der Waals surface area contributed by atoms with E-state index in [1.807, 2.05) is 0 Å². The third-order valence-corrected chi connectivity index (χ3v) is 1.66. The minimum Gasteiger partial charge on any atom is -0.465 e. The van der Waals surface area contributed by atoms with Gasteiger partial charge >= 0.3 is 0 Å². The molecular formula is C8H7BrO2. The van der Waals surface area contributed by atoms with E-state index in [1.54, 1.807) is 24.5 Å². The van der Waals surface area contributed by atoms with Crippen LogP contribution in [0, 0.1) is 0 Å². The van der Waals surface area contributed by atoms with Gasteiger partial charge in [-0.05, 0) is 24.3 Å². The smallest absolute Gasteiger partial charge is 0.166 e. The summed E-state index contributed by atoms with van der Waals surface area (Å²) in [5.74, 6) is 0.723. The molecule has 0 spiro atoms. The molecule has 1 aromatic rings. The topological polar surface area (TPSA) is 30.2 Å². The molecule has 0 bridgehead atoms. The van der Waals surface area contributed by atoms with Crippen molar-refractivity contribution in [3.8, 4) is 0 Å². The molecule has 3 heteroatoms. The zero-order valence-corrected chi connectivity index (χ0v) is 7.37. The van der Waals surface area contributed by atoms with E-state index < -0.39 is 0 Å². The lowest BCUT2D eigenvalue weighted by atomic mass is 10.3. The van der Waals surface area contributed by atoms with Gasteiger partial charge in [-0.3, -0.25) is 4.79 Å². The van der Waals surface area contributed by atoms with Gasteiger partial charge in [-0.15, -0.1) is 0 Å². The van der Waals surface area contributed by atoms with Crippen molar-refractivity contribution in [3.05, 3.63) is 30.2 Å². The van der Waals surface area contributed by atoms with Gasteiger partial charge in [0.2, 0.25) is 0 Å². The Kier molecular flexibility index (Phi) is 3.11. The number of hydrogen-bond acceptors (Lipinski definition) is 2. The van der Waals surface area contributed by atoms with Gasteiger partial charge in [0.25, 0.3) is 0 Å². The minimum absolute atomic E-state index is 0.0291. The van der Waals surface area contributed by atoms with Crippen molar-refractivity contribution in [2.24, 2.45) is 0 Å². The average molecular weight is 215 g/mol. The van der Waals surface area contributed by atoms with Crippen molar-refractivity contribution in [2.45, 2.75) is 0 Å². The molecule has 0 atom stereocenters. The number of alkyl halides is 1. The van der Waals surface area contributed by atoms with Crippen molar-refractivity contribution in [3.63, 3.8) is 0 Å². The molecule has 0 N–H and O–H groups in total. The Morgan fingerprint density at radius 3 is 3.09 bits per heavy atom. The van der Waals surface area contributed by atoms with E-state index in [4.69, 9.17) is 4.42 Å². The van der Waals surface area contributed by atoms with Gasteiger partial charge in [0.15, 0.2) is 5.78 Å². The normalized spacial score (nSPS) is 10.6. The quantitative estimate of drug-likeness (QED) is 0.571. The molecule has 0 aliphatic rings. The fraction of sp³-hybridized carbons (Fsp3) is 0.125. The average Bonchev–Trinajstić information content (AvgIpc) is 2.52. The first-order valence-electron chi connectivity index (χ1n) is 3.13. The summed E-state index contributed by atoms with van der Waals surface area (Å²) in [5, 5.41) is 0.351. The molecule has 2 nitrogen and oxygen atoms in total. The molecule has 0 saturated heterocycles. The number of carbonyl (C=O) groups is 1. The summed E-state index contributed by atoms with van der Waals surface area (Å²) < 4.78 is 4.97. The largest absolute Gasteiger partial charge is 0.465 e. The van der Waals surface area contributed by atoms with Crippen LogP contribution in [0.2, 0.25) is 0 Å². The SMILES string of the molecule is O=C(C=Cc1ccco1)CBr. The van der Waals surface area contributed by atoms with Crippen LogP contribution < -0.4 is 0 Å². The molecular weight excluding hydrogens is 208 g/mol. The minimum atomic E-state index is 0.0291. The standard InChI is InChI=1S/C8H7BrO2/c9-6-7(10)3-4-8-2-1-5-11-8/h1-5H,6H2. The van der Waals surface area contributed by atoms with E-state index in [9.17, 15) is 4.79 Å². The number of hydrogen-bond donors (Lipinski definition) is 0. The van der Waals surface area contributed by atoms with Crippen LogP contribution in [0.15, 0.2) is 28.9 Å². The monoisotopic (exact) mass is 214 g/mol. The van der Waals surface area contributed by atoms with Gasteiger partial charge in [0.1, 0.15) is 5.76 Å². The van der Waals surface area contributed by atoms with Gasteiger partial charge in [-0.25, -0.2) is 0 Å². The Morgan fingerprint density at radius 1 is 1.73 bits per heavy atom. The predicted octanol–water partition coefficient (Wildman–Crippen LogP) is 2.26. The first-order chi connectivity index (χ1) is 5.33. The van der Waals surface area contributed by atoms with Crippen LogP contribution in [0.1, 0.15) is 5.76 Å². The maximum Gasteiger partial charge on any atom is 0.166 e. The summed E-state index contributed by atoms with van der Waals surface area (Å²) in [5.41, 5.74) is 0. The van der Waals surface area contributed by atoms with Gasteiger partial charge in [-0.2, -0.15) is 0 Å². The second-order valence-electron chi connectivity index (χ2n) is 1.95. The molecule has 0 aliphatic heterocycles. The van der Waals surface area contributed by atoms with Crippen molar-refractivity contribution in [2.75, 3.05) is 5.33 Å². The predicted molar refractivity (Wildman–Crippen MR) is 46.5 cm³/mol. The third-order valence-electron chi connectivity index (χ3n) is 1.11. The van der Waals surface area contributed by atoms with Crippen molar-refractivity contribution in [1.82, 2.24) is 0 Å². The Hall–Kier alpha value is -0.830. The zero-order valence-electron chi connectivity index (χ0n) is 5.79. The lowest BCUT2D eigenvalue weighted by Gasteiger charge is -1.82. The molecule has 58 valence electrons. The van der Waals surface area contributed by atoms with E-state index in [-0.39, 0.29) is 5.78 Å². The first-order valence-corrected chi connectivity index (χ1v) is 4.25. The van der Waals surface area contributed by atoms with Crippen molar-refractivity contribution < 1.29 is 9.21 Å². The number of halogens is 1. The molecule has 0 aromatic carbocycles. The van der Waals surface area contributed by atoms with E-state index in [1.165, 1.54) is 6.08 Å². The highest BCUT2D eigenvalue weighted by Crippen LogP contribution is 2.02. The number of rotatable bonds is 3. The maximum atomic E-state index is 10.7. The molecule has 0 radical (unpaired) electrons. The number of furan rings is 1. The molecule has 0 saturated carbocycles. The summed E-state index contributed by atoms with van der Waals surface area (Å²) >= 11 is 3.05. The van der Waals surface area contributed by atoms with Crippen LogP contribution in [0.3, 0.4) is 0 Å². The Bertz CT molecular complexity index is 249. The van der Waals surface area contributed by atoms with Crippen LogP contribution >= 0.6 is 15.9 Å². The Labute approximate surface area is 73.0 Å². The zero-order chi connectivity index (χ0) is 8.10. The second-order valence-corrected chi connectivity index (χ2v) is 2.51. The molecule has 0 amide bonds. The highest BCUT2D eigenvalue weighted by molar-refractivity contribution is 9.09. The molecule has 1 heterocycles. The first kappa shape index (κ1) is 8.27. The number of allylic oxidation sites excluding steroid dienone is 1. The molecule has 11 heavy (non-hydrogen) atoms. The van der Waals surface area contributed by atoms with Crippen LogP contribution in [-0.2, 0) is 4.79 Å². The fourth-order valence-electron chi connectivity index (χ4n) is 0.606. The molecule has 0 aliphatic carbocycles. The van der Waals surface area contributed by atoms with Gasteiger partial charge < -0.3 is 4.42 Å². The number of carbonyl (C=O) groups excluding carboxylic acids is 1. The highest BCUT2D eigenvalue weighted by atomic mass is 79.9. The van der Waals surface area contributed by atoms with E-state index in [0.717, 1.165) is 0 Å². The van der Waals surface area contributed by atoms with Crippen LogP contribution in [0.5, 0.6) is 0 Å². The van der Waals surface area contributed by atoms with E-state index in [0.29, 0.717) is 11.1 Å².